The van der Waals surface area contributed by atoms with Gasteiger partial charge in [-0.1, -0.05) is 25.3 Å². The monoisotopic (exact) mass is 356 g/mol. The van der Waals surface area contributed by atoms with Gasteiger partial charge in [-0.05, 0) is 96.7 Å². The Morgan fingerprint density at radius 2 is 1.52 bits per heavy atom. The first-order valence-corrected chi connectivity index (χ1v) is 9.75. The maximum Gasteiger partial charge on any atom is 0.338 e. The molecular formula is C25H24O2. The van der Waals surface area contributed by atoms with Crippen LogP contribution in [-0.4, -0.2) is 5.97 Å². The van der Waals surface area contributed by atoms with Gasteiger partial charge in [0.1, 0.15) is 5.75 Å². The van der Waals surface area contributed by atoms with Crippen molar-refractivity contribution in [2.24, 2.45) is 0 Å². The van der Waals surface area contributed by atoms with Gasteiger partial charge in [-0.3, -0.25) is 0 Å². The number of rotatable bonds is 3. The van der Waals surface area contributed by atoms with Crippen molar-refractivity contribution in [2.45, 2.75) is 52.4 Å². The zero-order chi connectivity index (χ0) is 19.0. The summed E-state index contributed by atoms with van der Waals surface area (Å²) in [5.41, 5.74) is 9.73. The highest BCUT2D eigenvalue weighted by atomic mass is 16.5. The summed E-state index contributed by atoms with van der Waals surface area (Å²) in [6.45, 7) is 7.50. The van der Waals surface area contributed by atoms with Gasteiger partial charge in [0, 0.05) is 17.6 Å². The highest BCUT2D eigenvalue weighted by Crippen LogP contribution is 2.44. The van der Waals surface area contributed by atoms with Crippen LogP contribution in [0.3, 0.4) is 0 Å². The number of unbranched alkanes of at least 4 members (excludes halogenated alkanes) is 1. The molecule has 0 spiro atoms. The molecule has 136 valence electrons. The molecule has 2 aromatic carbocycles. The Bertz CT molecular complexity index is 964. The van der Waals surface area contributed by atoms with Gasteiger partial charge in [0.2, 0.25) is 0 Å². The minimum Gasteiger partial charge on any atom is -0.423 e. The summed E-state index contributed by atoms with van der Waals surface area (Å²) in [7, 11) is 0. The van der Waals surface area contributed by atoms with Crippen LogP contribution < -0.4 is 4.74 Å². The standard InChI is InChI=1S/C25H24O2/c1-4-5-6-7-17-12-18-8-10-20-14-22(27-25(26)16(2)3)15-21-11-9-19(13-17)23(18)24(20)21/h12-15H,2,4-5,8-11H2,1,3H3. The zero-order valence-corrected chi connectivity index (χ0v) is 16.1. The SMILES string of the molecule is C=C(C)C(=O)Oc1cc2c3c(c1)CCc1cc(C#CCCC)cc(c1-3)CC2. The fourth-order valence-corrected chi connectivity index (χ4v) is 4.09. The second-order valence-corrected chi connectivity index (χ2v) is 7.51. The van der Waals surface area contributed by atoms with Crippen LogP contribution in [0.2, 0.25) is 0 Å². The number of esters is 1. The number of carbonyl (C=O) groups excluding carboxylic acids is 1. The summed E-state index contributed by atoms with van der Waals surface area (Å²) in [6, 6.07) is 8.61. The predicted octanol–water partition coefficient (Wildman–Crippen LogP) is 5.18. The van der Waals surface area contributed by atoms with Crippen LogP contribution in [0.1, 0.15) is 54.5 Å². The quantitative estimate of drug-likeness (QED) is 0.328. The van der Waals surface area contributed by atoms with Gasteiger partial charge in [-0.25, -0.2) is 4.79 Å². The Hall–Kier alpha value is -2.79. The molecule has 0 saturated heterocycles. The predicted molar refractivity (Wildman–Crippen MR) is 109 cm³/mol. The largest absolute Gasteiger partial charge is 0.423 e. The van der Waals surface area contributed by atoms with Crippen molar-refractivity contribution in [2.75, 3.05) is 0 Å². The van der Waals surface area contributed by atoms with E-state index in [1.807, 2.05) is 12.1 Å². The first-order valence-electron chi connectivity index (χ1n) is 9.75. The van der Waals surface area contributed by atoms with E-state index in [9.17, 15) is 4.79 Å². The minimum atomic E-state index is -0.356. The molecule has 0 bridgehead atoms. The van der Waals surface area contributed by atoms with Gasteiger partial charge < -0.3 is 4.74 Å². The number of hydrogen-bond acceptors (Lipinski definition) is 2. The molecule has 4 rings (SSSR count). The van der Waals surface area contributed by atoms with E-state index in [2.05, 4.69) is 37.5 Å². The third-order valence-electron chi connectivity index (χ3n) is 5.32. The summed E-state index contributed by atoms with van der Waals surface area (Å²) in [4.78, 5) is 11.9. The first kappa shape index (κ1) is 17.6. The Morgan fingerprint density at radius 1 is 1.00 bits per heavy atom. The zero-order valence-electron chi connectivity index (χ0n) is 16.1. The van der Waals surface area contributed by atoms with Crippen LogP contribution in [0.15, 0.2) is 36.4 Å². The number of aryl methyl sites for hydroxylation is 4. The minimum absolute atomic E-state index is 0.356. The number of hydrogen-bond donors (Lipinski definition) is 0. The summed E-state index contributed by atoms with van der Waals surface area (Å²) in [6.07, 6.45) is 6.01. The van der Waals surface area contributed by atoms with E-state index in [1.54, 1.807) is 6.92 Å². The topological polar surface area (TPSA) is 26.3 Å². The lowest BCUT2D eigenvalue weighted by Crippen LogP contribution is -2.16. The second kappa shape index (κ2) is 7.08. The molecule has 0 saturated carbocycles. The van der Waals surface area contributed by atoms with E-state index in [0.717, 1.165) is 44.1 Å². The highest BCUT2D eigenvalue weighted by Gasteiger charge is 2.27. The van der Waals surface area contributed by atoms with Crippen molar-refractivity contribution < 1.29 is 9.53 Å². The van der Waals surface area contributed by atoms with Gasteiger partial charge >= 0.3 is 5.97 Å². The average molecular weight is 356 g/mol. The summed E-state index contributed by atoms with van der Waals surface area (Å²) >= 11 is 0. The Kier molecular flexibility index (Phi) is 4.62. The van der Waals surface area contributed by atoms with Crippen molar-refractivity contribution in [1.29, 1.82) is 0 Å². The summed E-state index contributed by atoms with van der Waals surface area (Å²) in [5.74, 6) is 6.90. The molecule has 0 fully saturated rings. The van der Waals surface area contributed by atoms with E-state index in [1.165, 1.54) is 33.4 Å². The molecule has 0 atom stereocenters. The molecular weight excluding hydrogens is 332 g/mol. The molecule has 2 aromatic rings. The number of benzene rings is 2. The van der Waals surface area contributed by atoms with E-state index in [-0.39, 0.29) is 5.97 Å². The molecule has 2 aliphatic rings. The Morgan fingerprint density at radius 3 is 2.00 bits per heavy atom. The number of ether oxygens (including phenoxy) is 1. The maximum atomic E-state index is 11.9. The van der Waals surface area contributed by atoms with Crippen LogP contribution in [0.25, 0.3) is 11.1 Å². The number of carbonyl (C=O) groups is 1. The van der Waals surface area contributed by atoms with E-state index in [0.29, 0.717) is 11.3 Å². The van der Waals surface area contributed by atoms with E-state index < -0.39 is 0 Å². The fraction of sp³-hybridized carbons (Fsp3) is 0.320. The van der Waals surface area contributed by atoms with Gasteiger partial charge in [0.25, 0.3) is 0 Å². The van der Waals surface area contributed by atoms with Crippen LogP contribution in [0, 0.1) is 11.8 Å². The van der Waals surface area contributed by atoms with Crippen molar-refractivity contribution >= 4 is 5.97 Å². The molecule has 2 aliphatic carbocycles. The van der Waals surface area contributed by atoms with Crippen molar-refractivity contribution in [3.05, 3.63) is 64.2 Å². The molecule has 0 heterocycles. The third-order valence-corrected chi connectivity index (χ3v) is 5.32. The second-order valence-electron chi connectivity index (χ2n) is 7.51. The lowest BCUT2D eigenvalue weighted by molar-refractivity contribution is -0.130. The molecule has 2 heteroatoms. The van der Waals surface area contributed by atoms with Crippen LogP contribution >= 0.6 is 0 Å². The molecule has 2 nitrogen and oxygen atoms in total. The molecule has 0 aromatic heterocycles. The van der Waals surface area contributed by atoms with E-state index in [4.69, 9.17) is 4.74 Å². The Balaban J connectivity index is 1.76. The fourth-order valence-electron chi connectivity index (χ4n) is 4.09. The van der Waals surface area contributed by atoms with Crippen molar-refractivity contribution in [3.8, 4) is 28.7 Å². The third kappa shape index (κ3) is 3.30. The molecule has 0 amide bonds. The molecule has 0 aliphatic heterocycles. The smallest absolute Gasteiger partial charge is 0.338 e. The highest BCUT2D eigenvalue weighted by molar-refractivity contribution is 5.89. The summed E-state index contributed by atoms with van der Waals surface area (Å²) < 4.78 is 5.51. The lowest BCUT2D eigenvalue weighted by atomic mass is 9.75. The van der Waals surface area contributed by atoms with Crippen LogP contribution in [-0.2, 0) is 30.5 Å². The summed E-state index contributed by atoms with van der Waals surface area (Å²) in [5, 5.41) is 0. The van der Waals surface area contributed by atoms with Gasteiger partial charge in [-0.15, -0.1) is 0 Å². The van der Waals surface area contributed by atoms with Crippen molar-refractivity contribution in [3.63, 3.8) is 0 Å². The van der Waals surface area contributed by atoms with Gasteiger partial charge in [-0.2, -0.15) is 0 Å². The maximum absolute atomic E-state index is 11.9. The molecule has 0 N–H and O–H groups in total. The van der Waals surface area contributed by atoms with Crippen molar-refractivity contribution in [1.82, 2.24) is 0 Å². The van der Waals surface area contributed by atoms with Crippen LogP contribution in [0.4, 0.5) is 0 Å². The van der Waals surface area contributed by atoms with E-state index >= 15 is 0 Å². The lowest BCUT2D eigenvalue weighted by Gasteiger charge is -2.30. The average Bonchev–Trinajstić information content (AvgIpc) is 2.65. The molecule has 0 unspecified atom stereocenters. The van der Waals surface area contributed by atoms with Crippen LogP contribution in [0.5, 0.6) is 5.75 Å². The van der Waals surface area contributed by atoms with Gasteiger partial charge in [0.05, 0.1) is 0 Å². The Labute approximate surface area is 161 Å². The molecule has 0 radical (unpaired) electrons. The normalized spacial score (nSPS) is 13.3. The first-order chi connectivity index (χ1) is 13.1. The van der Waals surface area contributed by atoms with Gasteiger partial charge in [0.15, 0.2) is 0 Å². The molecule has 27 heavy (non-hydrogen) atoms.